The van der Waals surface area contributed by atoms with Crippen molar-refractivity contribution >= 4 is 39.1 Å². The molecule has 3 heterocycles. The van der Waals surface area contributed by atoms with Crippen molar-refractivity contribution < 1.29 is 14.6 Å². The summed E-state index contributed by atoms with van der Waals surface area (Å²) >= 11 is 9.73. The summed E-state index contributed by atoms with van der Waals surface area (Å²) in [7, 11) is 1.67. The van der Waals surface area contributed by atoms with E-state index in [0.717, 1.165) is 45.5 Å². The Bertz CT molecular complexity index is 1460. The summed E-state index contributed by atoms with van der Waals surface area (Å²) in [5.74, 6) is 1.13. The third-order valence-electron chi connectivity index (χ3n) is 7.66. The van der Waals surface area contributed by atoms with Crippen molar-refractivity contribution in [1.29, 1.82) is 0 Å². The average Bonchev–Trinajstić information content (AvgIpc) is 3.38. The molecule has 1 saturated carbocycles. The summed E-state index contributed by atoms with van der Waals surface area (Å²) in [6, 6.07) is 14.6. The van der Waals surface area contributed by atoms with Gasteiger partial charge in [-0.05, 0) is 66.5 Å². The number of hydrogen-bond acceptors (Lipinski definition) is 4. The molecule has 0 unspecified atom stereocenters. The van der Waals surface area contributed by atoms with E-state index in [-0.39, 0.29) is 12.1 Å². The molecule has 8 heteroatoms. The normalized spacial score (nSPS) is 17.8. The van der Waals surface area contributed by atoms with Gasteiger partial charge >= 0.3 is 0 Å². The number of fused-ring (bicyclic) bond motifs is 4. The van der Waals surface area contributed by atoms with Crippen LogP contribution in [0.15, 0.2) is 46.9 Å². The Morgan fingerprint density at radius 2 is 1.83 bits per heavy atom. The molecule has 0 radical (unpaired) electrons. The lowest BCUT2D eigenvalue weighted by molar-refractivity contribution is 0.146. The lowest BCUT2D eigenvalue weighted by atomic mass is 9.93. The van der Waals surface area contributed by atoms with Crippen molar-refractivity contribution in [2.24, 2.45) is 0 Å². The van der Waals surface area contributed by atoms with Crippen molar-refractivity contribution in [2.45, 2.75) is 50.6 Å². The maximum absolute atomic E-state index is 11.6. The molecule has 1 atom stereocenters. The van der Waals surface area contributed by atoms with Crippen molar-refractivity contribution in [2.75, 3.05) is 20.3 Å². The number of nitrogens with zero attached hydrogens (tertiary/aromatic N) is 2. The maximum Gasteiger partial charge on any atom is 0.214 e. The van der Waals surface area contributed by atoms with Crippen LogP contribution in [0.1, 0.15) is 66.7 Å². The van der Waals surface area contributed by atoms with Gasteiger partial charge in [-0.2, -0.15) is 0 Å². The van der Waals surface area contributed by atoms with Crippen LogP contribution in [0.5, 0.6) is 11.6 Å². The standard InChI is InChI=1S/C28H30BrN3O3S/c1-34-13-14-35-20-10-7-17(8-11-20)26-25-22(21-15-18(29)9-12-23(21)30-25)16-24-27(33)31(28(36)32(24)26)19-5-3-2-4-6-19/h7-12,15,19,26,30,33H,2-6,13-14,16H2,1H3/t26-/m1/s1. The summed E-state index contributed by atoms with van der Waals surface area (Å²) < 4.78 is 16.8. The Morgan fingerprint density at radius 3 is 2.58 bits per heavy atom. The highest BCUT2D eigenvalue weighted by Gasteiger charge is 2.35. The van der Waals surface area contributed by atoms with Gasteiger partial charge in [0.1, 0.15) is 18.4 Å². The van der Waals surface area contributed by atoms with E-state index in [1.807, 2.05) is 16.7 Å². The van der Waals surface area contributed by atoms with Crippen LogP contribution in [0.4, 0.5) is 0 Å². The molecule has 2 aromatic heterocycles. The lowest BCUT2D eigenvalue weighted by Crippen LogP contribution is -2.22. The SMILES string of the molecule is COCCOc1ccc([C@@H]2c3[nH]c4ccc(Br)cc4c3Cc3c(O)n(C4CCCCC4)c(=S)n32)cc1. The second kappa shape index (κ2) is 9.72. The van der Waals surface area contributed by atoms with E-state index in [4.69, 9.17) is 21.7 Å². The van der Waals surface area contributed by atoms with Crippen LogP contribution >= 0.6 is 28.1 Å². The van der Waals surface area contributed by atoms with Gasteiger partial charge in [-0.1, -0.05) is 47.3 Å². The number of aromatic amines is 1. The third kappa shape index (κ3) is 3.99. The minimum absolute atomic E-state index is 0.161. The Kier molecular flexibility index (Phi) is 6.44. The second-order valence-electron chi connectivity index (χ2n) is 9.78. The topological polar surface area (TPSA) is 64.3 Å². The fourth-order valence-electron chi connectivity index (χ4n) is 5.93. The highest BCUT2D eigenvalue weighted by atomic mass is 79.9. The largest absolute Gasteiger partial charge is 0.493 e. The zero-order chi connectivity index (χ0) is 24.8. The lowest BCUT2D eigenvalue weighted by Gasteiger charge is -2.27. The van der Waals surface area contributed by atoms with Gasteiger partial charge < -0.3 is 24.1 Å². The highest BCUT2D eigenvalue weighted by Crippen LogP contribution is 2.45. The molecule has 6 rings (SSSR count). The number of methoxy groups -OCH3 is 1. The zero-order valence-electron chi connectivity index (χ0n) is 20.3. The summed E-state index contributed by atoms with van der Waals surface area (Å²) in [5, 5.41) is 12.7. The quantitative estimate of drug-likeness (QED) is 0.170. The molecular formula is C28H30BrN3O3S. The van der Waals surface area contributed by atoms with Crippen LogP contribution in [0.25, 0.3) is 10.9 Å². The van der Waals surface area contributed by atoms with Gasteiger partial charge in [0, 0.05) is 40.6 Å². The average molecular weight is 569 g/mol. The van der Waals surface area contributed by atoms with Gasteiger partial charge in [-0.25, -0.2) is 0 Å². The first-order valence-corrected chi connectivity index (χ1v) is 13.8. The molecule has 1 aliphatic heterocycles. The van der Waals surface area contributed by atoms with Crippen LogP contribution in [-0.4, -0.2) is 39.5 Å². The molecule has 0 amide bonds. The predicted molar refractivity (Wildman–Crippen MR) is 147 cm³/mol. The Labute approximate surface area is 224 Å². The fourth-order valence-corrected chi connectivity index (χ4v) is 6.75. The molecule has 1 fully saturated rings. The maximum atomic E-state index is 11.6. The Hall–Kier alpha value is -2.55. The summed E-state index contributed by atoms with van der Waals surface area (Å²) in [4.78, 5) is 3.70. The van der Waals surface area contributed by atoms with E-state index in [2.05, 4.69) is 55.8 Å². The fraction of sp³-hybridized carbons (Fsp3) is 0.393. The van der Waals surface area contributed by atoms with E-state index >= 15 is 0 Å². The molecule has 4 aromatic rings. The number of imidazole rings is 1. The molecule has 1 aliphatic carbocycles. The van der Waals surface area contributed by atoms with Crippen LogP contribution in [-0.2, 0) is 11.2 Å². The molecule has 0 bridgehead atoms. The van der Waals surface area contributed by atoms with Gasteiger partial charge in [0.15, 0.2) is 4.77 Å². The molecular weight excluding hydrogens is 538 g/mol. The number of benzene rings is 2. The van der Waals surface area contributed by atoms with Gasteiger partial charge in [0.25, 0.3) is 0 Å². The molecule has 2 aromatic carbocycles. The summed E-state index contributed by atoms with van der Waals surface area (Å²) in [6.45, 7) is 1.05. The summed E-state index contributed by atoms with van der Waals surface area (Å²) in [5.41, 5.74) is 5.41. The number of rotatable bonds is 6. The van der Waals surface area contributed by atoms with Crippen molar-refractivity contribution in [1.82, 2.24) is 14.1 Å². The number of H-pyrrole nitrogens is 1. The second-order valence-corrected chi connectivity index (χ2v) is 11.1. The number of nitrogens with one attached hydrogen (secondary N) is 1. The summed E-state index contributed by atoms with van der Waals surface area (Å²) in [6.07, 6.45) is 6.37. The first-order valence-electron chi connectivity index (χ1n) is 12.6. The van der Waals surface area contributed by atoms with Crippen LogP contribution in [0.3, 0.4) is 0 Å². The third-order valence-corrected chi connectivity index (χ3v) is 8.54. The van der Waals surface area contributed by atoms with Crippen LogP contribution < -0.4 is 4.74 Å². The Morgan fingerprint density at radius 1 is 1.06 bits per heavy atom. The number of halogens is 1. The zero-order valence-corrected chi connectivity index (χ0v) is 22.7. The van der Waals surface area contributed by atoms with E-state index in [9.17, 15) is 5.11 Å². The van der Waals surface area contributed by atoms with Crippen LogP contribution in [0, 0.1) is 4.77 Å². The van der Waals surface area contributed by atoms with Crippen molar-refractivity contribution in [3.63, 3.8) is 0 Å². The van der Waals surface area contributed by atoms with E-state index in [0.29, 0.717) is 30.3 Å². The smallest absolute Gasteiger partial charge is 0.214 e. The highest BCUT2D eigenvalue weighted by molar-refractivity contribution is 9.10. The minimum Gasteiger partial charge on any atom is -0.493 e. The van der Waals surface area contributed by atoms with E-state index in [1.165, 1.54) is 30.2 Å². The van der Waals surface area contributed by atoms with E-state index in [1.54, 1.807) is 7.11 Å². The number of aromatic nitrogens is 3. The van der Waals surface area contributed by atoms with Crippen molar-refractivity contribution in [3.8, 4) is 11.6 Å². The molecule has 2 N–H and O–H groups in total. The monoisotopic (exact) mass is 567 g/mol. The molecule has 36 heavy (non-hydrogen) atoms. The molecule has 6 nitrogen and oxygen atoms in total. The first-order chi connectivity index (χ1) is 17.6. The molecule has 2 aliphatic rings. The molecule has 0 spiro atoms. The van der Waals surface area contributed by atoms with Gasteiger partial charge in [0.2, 0.25) is 5.88 Å². The Balaban J connectivity index is 1.51. The predicted octanol–water partition coefficient (Wildman–Crippen LogP) is 7.04. The van der Waals surface area contributed by atoms with Gasteiger partial charge in [0.05, 0.1) is 12.3 Å². The van der Waals surface area contributed by atoms with Gasteiger partial charge in [-0.3, -0.25) is 4.57 Å². The van der Waals surface area contributed by atoms with Crippen LogP contribution in [0.2, 0.25) is 0 Å². The van der Waals surface area contributed by atoms with Crippen molar-refractivity contribution in [3.05, 3.63) is 74.2 Å². The minimum atomic E-state index is -0.161. The molecule has 0 saturated heterocycles. The van der Waals surface area contributed by atoms with E-state index < -0.39 is 0 Å². The molecule has 188 valence electrons. The van der Waals surface area contributed by atoms with Gasteiger partial charge in [-0.15, -0.1) is 0 Å². The number of ether oxygens (including phenoxy) is 2. The first kappa shape index (κ1) is 23.8. The number of aromatic hydroxyl groups is 1. The number of hydrogen-bond donors (Lipinski definition) is 2.